The van der Waals surface area contributed by atoms with Gasteiger partial charge in [-0.25, -0.2) is 4.98 Å². The number of ether oxygens (including phenoxy) is 1. The van der Waals surface area contributed by atoms with Crippen LogP contribution in [-0.4, -0.2) is 17.6 Å². The number of hydrogen-bond donors (Lipinski definition) is 1. The average molecular weight is 274 g/mol. The van der Waals surface area contributed by atoms with Crippen LogP contribution in [0.4, 0.5) is 5.69 Å². The number of anilines is 1. The molecule has 3 unspecified atom stereocenters. The van der Waals surface area contributed by atoms with Gasteiger partial charge in [0.25, 0.3) is 0 Å². The Kier molecular flexibility index (Phi) is 3.19. The highest BCUT2D eigenvalue weighted by Crippen LogP contribution is 2.63. The van der Waals surface area contributed by atoms with E-state index in [9.17, 15) is 0 Å². The first-order valence-electron chi connectivity index (χ1n) is 7.81. The number of aromatic nitrogens is 1. The predicted octanol–water partition coefficient (Wildman–Crippen LogP) is 4.11. The molecule has 110 valence electrons. The van der Waals surface area contributed by atoms with Crippen molar-refractivity contribution < 1.29 is 4.74 Å². The molecule has 20 heavy (non-hydrogen) atoms. The number of nitrogens with one attached hydrogen (secondary N) is 1. The quantitative estimate of drug-likeness (QED) is 0.897. The van der Waals surface area contributed by atoms with Crippen LogP contribution in [0.25, 0.3) is 0 Å². The maximum Gasteiger partial charge on any atom is 0.213 e. The van der Waals surface area contributed by atoms with E-state index in [2.05, 4.69) is 37.1 Å². The maximum atomic E-state index is 5.40. The van der Waals surface area contributed by atoms with E-state index < -0.39 is 0 Å². The highest BCUT2D eigenvalue weighted by Gasteiger charge is 2.59. The topological polar surface area (TPSA) is 34.1 Å². The summed E-state index contributed by atoms with van der Waals surface area (Å²) in [5, 5.41) is 3.75. The van der Waals surface area contributed by atoms with Gasteiger partial charge in [0.1, 0.15) is 0 Å². The number of rotatable bonds is 4. The van der Waals surface area contributed by atoms with Crippen LogP contribution < -0.4 is 10.1 Å². The van der Waals surface area contributed by atoms with Gasteiger partial charge in [-0.1, -0.05) is 20.8 Å². The van der Waals surface area contributed by atoms with Gasteiger partial charge < -0.3 is 10.1 Å². The second-order valence-electron chi connectivity index (χ2n) is 7.31. The van der Waals surface area contributed by atoms with Crippen molar-refractivity contribution in [2.75, 3.05) is 11.9 Å². The van der Waals surface area contributed by atoms with Crippen LogP contribution >= 0.6 is 0 Å². The summed E-state index contributed by atoms with van der Waals surface area (Å²) in [6.07, 6.45) is 6.00. The van der Waals surface area contributed by atoms with E-state index in [1.807, 2.05) is 19.2 Å². The maximum absolute atomic E-state index is 5.40. The average Bonchev–Trinajstić information content (AvgIpc) is 2.88. The first-order valence-corrected chi connectivity index (χ1v) is 7.81. The minimum Gasteiger partial charge on any atom is -0.478 e. The Morgan fingerprint density at radius 1 is 1.35 bits per heavy atom. The lowest BCUT2D eigenvalue weighted by molar-refractivity contribution is 0.155. The molecule has 2 aliphatic carbocycles. The summed E-state index contributed by atoms with van der Waals surface area (Å²) in [7, 11) is 0. The molecule has 2 saturated carbocycles. The van der Waals surface area contributed by atoms with Crippen molar-refractivity contribution in [1.29, 1.82) is 0 Å². The lowest BCUT2D eigenvalue weighted by Crippen LogP contribution is -2.45. The van der Waals surface area contributed by atoms with Crippen LogP contribution in [-0.2, 0) is 0 Å². The highest BCUT2D eigenvalue weighted by atomic mass is 16.5. The third kappa shape index (κ3) is 2.07. The predicted molar refractivity (Wildman–Crippen MR) is 82.0 cm³/mol. The van der Waals surface area contributed by atoms with E-state index in [-0.39, 0.29) is 0 Å². The Morgan fingerprint density at radius 3 is 2.70 bits per heavy atom. The molecule has 0 aliphatic heterocycles. The molecular formula is C17H26N2O. The number of pyridine rings is 1. The molecule has 0 spiro atoms. The Hall–Kier alpha value is -1.25. The molecule has 3 atom stereocenters. The minimum atomic E-state index is 0.367. The van der Waals surface area contributed by atoms with E-state index in [1.54, 1.807) is 0 Å². The molecule has 1 aromatic rings. The Labute approximate surface area is 122 Å². The van der Waals surface area contributed by atoms with Crippen LogP contribution in [0.15, 0.2) is 18.3 Å². The molecule has 0 radical (unpaired) electrons. The Bertz CT molecular complexity index is 478. The third-order valence-electron chi connectivity index (χ3n) is 5.61. The molecule has 2 aliphatic rings. The van der Waals surface area contributed by atoms with Gasteiger partial charge in [0.2, 0.25) is 5.88 Å². The van der Waals surface area contributed by atoms with Crippen LogP contribution in [0.3, 0.4) is 0 Å². The smallest absolute Gasteiger partial charge is 0.213 e. The van der Waals surface area contributed by atoms with E-state index in [1.165, 1.54) is 19.3 Å². The molecule has 3 nitrogen and oxygen atoms in total. The lowest BCUT2D eigenvalue weighted by Gasteiger charge is -2.43. The molecule has 2 bridgehead atoms. The van der Waals surface area contributed by atoms with Crippen LogP contribution in [0, 0.1) is 16.7 Å². The summed E-state index contributed by atoms with van der Waals surface area (Å²) in [5.41, 5.74) is 1.92. The van der Waals surface area contributed by atoms with Gasteiger partial charge in [-0.3, -0.25) is 0 Å². The van der Waals surface area contributed by atoms with Crippen molar-refractivity contribution >= 4 is 5.69 Å². The van der Waals surface area contributed by atoms with Crippen molar-refractivity contribution in [2.45, 2.75) is 53.0 Å². The first kappa shape index (κ1) is 13.7. The standard InChI is InChI=1S/C17H26N2O/c1-5-20-14-7-6-13(11-18-14)19-15-16(2,3)12-8-9-17(15,4)10-12/h6-7,11-12,15,19H,5,8-10H2,1-4H3. The zero-order valence-corrected chi connectivity index (χ0v) is 13.1. The summed E-state index contributed by atoms with van der Waals surface area (Å²) in [6.45, 7) is 9.92. The highest BCUT2D eigenvalue weighted by molar-refractivity contribution is 5.45. The fraction of sp³-hybridized carbons (Fsp3) is 0.706. The van der Waals surface area contributed by atoms with Gasteiger partial charge in [0, 0.05) is 12.1 Å². The van der Waals surface area contributed by atoms with E-state index in [4.69, 9.17) is 4.74 Å². The van der Waals surface area contributed by atoms with E-state index in [0.717, 1.165) is 11.6 Å². The zero-order valence-electron chi connectivity index (χ0n) is 13.1. The molecule has 1 heterocycles. The van der Waals surface area contributed by atoms with Crippen molar-refractivity contribution in [2.24, 2.45) is 16.7 Å². The van der Waals surface area contributed by atoms with Gasteiger partial charge >= 0.3 is 0 Å². The summed E-state index contributed by atoms with van der Waals surface area (Å²) in [6, 6.07) is 4.58. The van der Waals surface area contributed by atoms with Crippen molar-refractivity contribution in [1.82, 2.24) is 4.98 Å². The summed E-state index contributed by atoms with van der Waals surface area (Å²) in [5.74, 6) is 1.57. The Morgan fingerprint density at radius 2 is 2.15 bits per heavy atom. The van der Waals surface area contributed by atoms with Crippen LogP contribution in [0.5, 0.6) is 5.88 Å². The molecule has 3 rings (SSSR count). The lowest BCUT2D eigenvalue weighted by atomic mass is 9.68. The SMILES string of the molecule is CCOc1ccc(NC2C3(C)CCC(C3)C2(C)C)cn1. The number of hydrogen-bond acceptors (Lipinski definition) is 3. The Balaban J connectivity index is 1.77. The van der Waals surface area contributed by atoms with E-state index >= 15 is 0 Å². The second-order valence-corrected chi connectivity index (χ2v) is 7.31. The number of nitrogens with zero attached hydrogens (tertiary/aromatic N) is 1. The van der Waals surface area contributed by atoms with Crippen molar-refractivity contribution in [3.05, 3.63) is 18.3 Å². The van der Waals surface area contributed by atoms with Gasteiger partial charge in [-0.2, -0.15) is 0 Å². The largest absolute Gasteiger partial charge is 0.478 e. The molecule has 0 saturated heterocycles. The van der Waals surface area contributed by atoms with Crippen molar-refractivity contribution in [3.8, 4) is 5.88 Å². The monoisotopic (exact) mass is 274 g/mol. The van der Waals surface area contributed by atoms with Crippen LogP contribution in [0.1, 0.15) is 47.0 Å². The van der Waals surface area contributed by atoms with Crippen molar-refractivity contribution in [3.63, 3.8) is 0 Å². The number of fused-ring (bicyclic) bond motifs is 2. The second kappa shape index (κ2) is 4.64. The van der Waals surface area contributed by atoms with Gasteiger partial charge in [-0.05, 0) is 49.0 Å². The molecule has 1 N–H and O–H groups in total. The van der Waals surface area contributed by atoms with Gasteiger partial charge in [0.05, 0.1) is 18.5 Å². The molecule has 1 aromatic heterocycles. The normalized spacial score (nSPS) is 34.2. The summed E-state index contributed by atoms with van der Waals surface area (Å²) in [4.78, 5) is 4.36. The first-order chi connectivity index (χ1) is 9.45. The molecule has 2 fully saturated rings. The summed E-state index contributed by atoms with van der Waals surface area (Å²) >= 11 is 0. The fourth-order valence-corrected chi connectivity index (χ4v) is 4.53. The van der Waals surface area contributed by atoms with E-state index in [0.29, 0.717) is 29.4 Å². The minimum absolute atomic E-state index is 0.367. The molecule has 3 heteroatoms. The van der Waals surface area contributed by atoms with Gasteiger partial charge in [-0.15, -0.1) is 0 Å². The fourth-order valence-electron chi connectivity index (χ4n) is 4.53. The summed E-state index contributed by atoms with van der Waals surface area (Å²) < 4.78 is 5.40. The molecule has 0 amide bonds. The molecule has 0 aromatic carbocycles. The zero-order chi connectivity index (χ0) is 14.4. The van der Waals surface area contributed by atoms with Crippen LogP contribution in [0.2, 0.25) is 0 Å². The molecular weight excluding hydrogens is 248 g/mol. The third-order valence-corrected chi connectivity index (χ3v) is 5.61. The van der Waals surface area contributed by atoms with Gasteiger partial charge in [0.15, 0.2) is 0 Å².